The highest BCUT2D eigenvalue weighted by atomic mass is 32.1. The lowest BCUT2D eigenvalue weighted by Crippen LogP contribution is -2.13. The number of pyridine rings is 1. The van der Waals surface area contributed by atoms with E-state index in [0.717, 1.165) is 20.9 Å². The minimum atomic E-state index is -0.0926. The first-order chi connectivity index (χ1) is 8.06. The molecule has 2 rings (SSSR count). The van der Waals surface area contributed by atoms with Crippen LogP contribution in [-0.4, -0.2) is 10.9 Å². The van der Waals surface area contributed by atoms with Crippen molar-refractivity contribution < 1.29 is 4.79 Å². The van der Waals surface area contributed by atoms with Gasteiger partial charge < -0.3 is 5.32 Å². The van der Waals surface area contributed by atoms with Crippen molar-refractivity contribution in [3.8, 4) is 0 Å². The van der Waals surface area contributed by atoms with E-state index >= 15 is 0 Å². The molecule has 0 aliphatic rings. The topological polar surface area (TPSA) is 42.0 Å². The molecule has 0 bridgehead atoms. The Morgan fingerprint density at radius 1 is 1.29 bits per heavy atom. The van der Waals surface area contributed by atoms with Crippen molar-refractivity contribution >= 4 is 23.1 Å². The molecule has 0 saturated carbocycles. The van der Waals surface area contributed by atoms with Gasteiger partial charge in [-0.25, -0.2) is 4.98 Å². The predicted octanol–water partition coefficient (Wildman–Crippen LogP) is 3.32. The van der Waals surface area contributed by atoms with E-state index in [-0.39, 0.29) is 5.91 Å². The fourth-order valence-corrected chi connectivity index (χ4v) is 2.57. The summed E-state index contributed by atoms with van der Waals surface area (Å²) in [6.45, 7) is 5.92. The fourth-order valence-electron chi connectivity index (χ4n) is 1.64. The molecule has 0 atom stereocenters. The van der Waals surface area contributed by atoms with Crippen LogP contribution >= 0.6 is 11.3 Å². The van der Waals surface area contributed by atoms with E-state index in [0.29, 0.717) is 5.82 Å². The van der Waals surface area contributed by atoms with Crippen LogP contribution in [0.5, 0.6) is 0 Å². The van der Waals surface area contributed by atoms with Gasteiger partial charge in [0.1, 0.15) is 5.82 Å². The van der Waals surface area contributed by atoms with Gasteiger partial charge in [0, 0.05) is 16.0 Å². The average molecular weight is 246 g/mol. The van der Waals surface area contributed by atoms with E-state index in [2.05, 4.69) is 10.3 Å². The molecule has 1 amide bonds. The molecule has 0 spiro atoms. The second-order valence-electron chi connectivity index (χ2n) is 4.00. The molecule has 88 valence electrons. The van der Waals surface area contributed by atoms with Gasteiger partial charge in [0.15, 0.2) is 0 Å². The highest BCUT2D eigenvalue weighted by molar-refractivity contribution is 7.12. The molecule has 0 aromatic carbocycles. The smallest absolute Gasteiger partial charge is 0.257 e. The zero-order valence-corrected chi connectivity index (χ0v) is 10.9. The van der Waals surface area contributed by atoms with E-state index in [1.54, 1.807) is 17.5 Å². The maximum Gasteiger partial charge on any atom is 0.257 e. The van der Waals surface area contributed by atoms with Crippen LogP contribution in [0.15, 0.2) is 24.4 Å². The third-order valence-electron chi connectivity index (χ3n) is 2.44. The minimum absolute atomic E-state index is 0.0926. The fraction of sp³-hybridized carbons (Fsp3) is 0.231. The minimum Gasteiger partial charge on any atom is -0.307 e. The lowest BCUT2D eigenvalue weighted by molar-refractivity contribution is 0.102. The predicted molar refractivity (Wildman–Crippen MR) is 70.7 cm³/mol. The number of thiophene rings is 1. The molecule has 0 aliphatic carbocycles. The van der Waals surface area contributed by atoms with Crippen LogP contribution in [0.1, 0.15) is 25.7 Å². The Labute approximate surface area is 105 Å². The number of rotatable bonds is 2. The Bertz CT molecular complexity index is 560. The first-order valence-electron chi connectivity index (χ1n) is 5.37. The molecule has 2 heterocycles. The van der Waals surface area contributed by atoms with Crippen molar-refractivity contribution in [3.05, 3.63) is 45.3 Å². The van der Waals surface area contributed by atoms with Crippen LogP contribution in [0, 0.1) is 20.8 Å². The van der Waals surface area contributed by atoms with Crippen LogP contribution < -0.4 is 5.32 Å². The number of hydrogen-bond acceptors (Lipinski definition) is 3. The lowest BCUT2D eigenvalue weighted by Gasteiger charge is -2.04. The molecule has 0 aliphatic heterocycles. The summed E-state index contributed by atoms with van der Waals surface area (Å²) in [5.41, 5.74) is 1.81. The summed E-state index contributed by atoms with van der Waals surface area (Å²) in [5, 5.41) is 2.81. The summed E-state index contributed by atoms with van der Waals surface area (Å²) >= 11 is 1.63. The molecule has 1 N–H and O–H groups in total. The van der Waals surface area contributed by atoms with Gasteiger partial charge in [-0.15, -0.1) is 11.3 Å². The monoisotopic (exact) mass is 246 g/mol. The van der Waals surface area contributed by atoms with Gasteiger partial charge in [0.25, 0.3) is 5.91 Å². The van der Waals surface area contributed by atoms with Crippen LogP contribution in [0.3, 0.4) is 0 Å². The van der Waals surface area contributed by atoms with Crippen molar-refractivity contribution in [3.63, 3.8) is 0 Å². The Kier molecular flexibility index (Phi) is 3.24. The van der Waals surface area contributed by atoms with E-state index in [1.165, 1.54) is 0 Å². The number of carbonyl (C=O) groups is 1. The zero-order valence-electron chi connectivity index (χ0n) is 10.1. The van der Waals surface area contributed by atoms with Crippen molar-refractivity contribution in [1.82, 2.24) is 4.98 Å². The molecule has 2 aromatic rings. The molecule has 0 radical (unpaired) electrons. The number of nitrogens with zero attached hydrogens (tertiary/aromatic N) is 1. The summed E-state index contributed by atoms with van der Waals surface area (Å²) in [6.07, 6.45) is 1.69. The second-order valence-corrected chi connectivity index (χ2v) is 5.46. The SMILES string of the molecule is Cc1ccnc(NC(=O)c2cc(C)sc2C)c1. The molecular formula is C13H14N2OS. The van der Waals surface area contributed by atoms with E-state index in [9.17, 15) is 4.79 Å². The maximum absolute atomic E-state index is 12.0. The number of aromatic nitrogens is 1. The van der Waals surface area contributed by atoms with Gasteiger partial charge in [0.2, 0.25) is 0 Å². The van der Waals surface area contributed by atoms with Gasteiger partial charge in [-0.1, -0.05) is 0 Å². The van der Waals surface area contributed by atoms with Gasteiger partial charge in [-0.05, 0) is 44.5 Å². The van der Waals surface area contributed by atoms with Gasteiger partial charge in [0.05, 0.1) is 5.56 Å². The summed E-state index contributed by atoms with van der Waals surface area (Å²) in [4.78, 5) is 18.3. The molecule has 0 saturated heterocycles. The molecule has 4 heteroatoms. The lowest BCUT2D eigenvalue weighted by atomic mass is 10.2. The average Bonchev–Trinajstić information content (AvgIpc) is 2.58. The normalized spacial score (nSPS) is 10.3. The number of amides is 1. The molecule has 2 aromatic heterocycles. The Morgan fingerprint density at radius 2 is 2.06 bits per heavy atom. The largest absolute Gasteiger partial charge is 0.307 e. The molecule has 3 nitrogen and oxygen atoms in total. The molecular weight excluding hydrogens is 232 g/mol. The number of aryl methyl sites for hydroxylation is 3. The quantitative estimate of drug-likeness (QED) is 0.883. The third kappa shape index (κ3) is 2.71. The van der Waals surface area contributed by atoms with Crippen molar-refractivity contribution in [2.45, 2.75) is 20.8 Å². The van der Waals surface area contributed by atoms with Gasteiger partial charge in [-0.2, -0.15) is 0 Å². The van der Waals surface area contributed by atoms with Crippen molar-refractivity contribution in [2.24, 2.45) is 0 Å². The summed E-state index contributed by atoms with van der Waals surface area (Å²) < 4.78 is 0. The zero-order chi connectivity index (χ0) is 12.4. The van der Waals surface area contributed by atoms with Crippen LogP contribution in [-0.2, 0) is 0 Å². The first kappa shape index (κ1) is 11.8. The number of carbonyl (C=O) groups excluding carboxylic acids is 1. The summed E-state index contributed by atoms with van der Waals surface area (Å²) in [5.74, 6) is 0.503. The number of hydrogen-bond donors (Lipinski definition) is 1. The van der Waals surface area contributed by atoms with E-state index < -0.39 is 0 Å². The second kappa shape index (κ2) is 4.67. The molecule has 17 heavy (non-hydrogen) atoms. The van der Waals surface area contributed by atoms with E-state index in [4.69, 9.17) is 0 Å². The number of anilines is 1. The highest BCUT2D eigenvalue weighted by Gasteiger charge is 2.12. The Morgan fingerprint density at radius 3 is 2.65 bits per heavy atom. The van der Waals surface area contributed by atoms with Crippen molar-refractivity contribution in [2.75, 3.05) is 5.32 Å². The summed E-state index contributed by atoms with van der Waals surface area (Å²) in [7, 11) is 0. The van der Waals surface area contributed by atoms with Gasteiger partial charge >= 0.3 is 0 Å². The Hall–Kier alpha value is -1.68. The van der Waals surface area contributed by atoms with Crippen LogP contribution in [0.4, 0.5) is 5.82 Å². The maximum atomic E-state index is 12.0. The van der Waals surface area contributed by atoms with Gasteiger partial charge in [-0.3, -0.25) is 4.79 Å². The molecule has 0 fully saturated rings. The van der Waals surface area contributed by atoms with Crippen molar-refractivity contribution in [1.29, 1.82) is 0 Å². The standard InChI is InChI=1S/C13H14N2OS/c1-8-4-5-14-12(6-8)15-13(16)11-7-9(2)17-10(11)3/h4-7H,1-3H3,(H,14,15,16). The first-order valence-corrected chi connectivity index (χ1v) is 6.19. The van der Waals surface area contributed by atoms with Crippen LogP contribution in [0.25, 0.3) is 0 Å². The summed E-state index contributed by atoms with van der Waals surface area (Å²) in [6, 6.07) is 5.66. The third-order valence-corrected chi connectivity index (χ3v) is 3.41. The highest BCUT2D eigenvalue weighted by Crippen LogP contribution is 2.21. The van der Waals surface area contributed by atoms with Crippen LogP contribution in [0.2, 0.25) is 0 Å². The molecule has 0 unspecified atom stereocenters. The number of nitrogens with one attached hydrogen (secondary N) is 1. The Balaban J connectivity index is 2.20. The van der Waals surface area contributed by atoms with E-state index in [1.807, 2.05) is 39.0 Å².